The molecular formula is C24H17FN2O4S. The van der Waals surface area contributed by atoms with E-state index in [1.165, 1.54) is 29.5 Å². The maximum Gasteiger partial charge on any atom is 0.312 e. The lowest BCUT2D eigenvalue weighted by Crippen LogP contribution is -1.94. The molecule has 0 saturated heterocycles. The molecular weight excluding hydrogens is 431 g/mol. The second-order valence-corrected chi connectivity index (χ2v) is 7.56. The number of nitro groups is 1. The summed E-state index contributed by atoms with van der Waals surface area (Å²) < 4.78 is 23.9. The average molecular weight is 448 g/mol. The van der Waals surface area contributed by atoms with Gasteiger partial charge >= 0.3 is 5.69 Å². The van der Waals surface area contributed by atoms with Crippen molar-refractivity contribution in [3.8, 4) is 28.5 Å². The first-order valence-corrected chi connectivity index (χ1v) is 10.4. The summed E-state index contributed by atoms with van der Waals surface area (Å²) in [6, 6.07) is 17.6. The summed E-state index contributed by atoms with van der Waals surface area (Å²) in [4.78, 5) is 15.6. The molecule has 1 heterocycles. The van der Waals surface area contributed by atoms with Crippen LogP contribution < -0.4 is 9.47 Å². The number of hydrogen-bond donors (Lipinski definition) is 0. The van der Waals surface area contributed by atoms with Gasteiger partial charge in [0.2, 0.25) is 5.75 Å². The van der Waals surface area contributed by atoms with Crippen molar-refractivity contribution in [1.82, 2.24) is 4.98 Å². The van der Waals surface area contributed by atoms with Crippen LogP contribution in [-0.2, 0) is 0 Å². The van der Waals surface area contributed by atoms with Gasteiger partial charge in [-0.2, -0.15) is 0 Å². The van der Waals surface area contributed by atoms with E-state index in [1.54, 1.807) is 67.8 Å². The molecule has 0 saturated carbocycles. The standard InChI is InChI=1S/C24H17FN2O4S/c1-30-19-8-10-20(11-9-19)31-23-12-2-16(14-22(23)27(28)29)3-13-24-26-21(15-32-24)17-4-6-18(25)7-5-17/h2-15H,1H3. The van der Waals surface area contributed by atoms with E-state index in [9.17, 15) is 14.5 Å². The molecule has 3 aromatic carbocycles. The smallest absolute Gasteiger partial charge is 0.312 e. The minimum Gasteiger partial charge on any atom is -0.497 e. The molecule has 0 aliphatic carbocycles. The number of nitro benzene ring substituents is 1. The molecule has 160 valence electrons. The fourth-order valence-corrected chi connectivity index (χ4v) is 3.64. The van der Waals surface area contributed by atoms with E-state index in [1.807, 2.05) is 5.38 Å². The molecule has 0 aliphatic rings. The second kappa shape index (κ2) is 9.40. The number of benzene rings is 3. The Morgan fingerprint density at radius 3 is 2.41 bits per heavy atom. The van der Waals surface area contributed by atoms with Crippen LogP contribution in [-0.4, -0.2) is 17.0 Å². The number of nitrogens with zero attached hydrogens (tertiary/aromatic N) is 2. The molecule has 0 unspecified atom stereocenters. The SMILES string of the molecule is COc1ccc(Oc2ccc(C=Cc3nc(-c4ccc(F)cc4)cs3)cc2[N+](=O)[O-])cc1. The summed E-state index contributed by atoms with van der Waals surface area (Å²) >= 11 is 1.43. The highest BCUT2D eigenvalue weighted by molar-refractivity contribution is 7.10. The van der Waals surface area contributed by atoms with Gasteiger partial charge in [-0.15, -0.1) is 11.3 Å². The molecule has 6 nitrogen and oxygen atoms in total. The quantitative estimate of drug-likeness (QED) is 0.229. The van der Waals surface area contributed by atoms with Gasteiger partial charge in [-0.25, -0.2) is 9.37 Å². The zero-order chi connectivity index (χ0) is 22.5. The highest BCUT2D eigenvalue weighted by Crippen LogP contribution is 2.33. The Balaban J connectivity index is 1.52. The van der Waals surface area contributed by atoms with E-state index < -0.39 is 4.92 Å². The van der Waals surface area contributed by atoms with Crippen molar-refractivity contribution >= 4 is 29.2 Å². The van der Waals surface area contributed by atoms with Crippen LogP contribution in [0.2, 0.25) is 0 Å². The molecule has 0 atom stereocenters. The summed E-state index contributed by atoms with van der Waals surface area (Å²) in [6.45, 7) is 0. The third-order valence-corrected chi connectivity index (χ3v) is 5.36. The molecule has 0 bridgehead atoms. The van der Waals surface area contributed by atoms with Gasteiger partial charge in [-0.05, 0) is 66.2 Å². The summed E-state index contributed by atoms with van der Waals surface area (Å²) in [6.07, 6.45) is 3.53. The van der Waals surface area contributed by atoms with Gasteiger partial charge in [-0.3, -0.25) is 10.1 Å². The zero-order valence-electron chi connectivity index (χ0n) is 16.9. The van der Waals surface area contributed by atoms with Crippen LogP contribution in [0.4, 0.5) is 10.1 Å². The molecule has 0 amide bonds. The zero-order valence-corrected chi connectivity index (χ0v) is 17.7. The lowest BCUT2D eigenvalue weighted by Gasteiger charge is -2.07. The van der Waals surface area contributed by atoms with E-state index in [-0.39, 0.29) is 17.3 Å². The van der Waals surface area contributed by atoms with Crippen molar-refractivity contribution in [2.24, 2.45) is 0 Å². The molecule has 0 spiro atoms. The Bertz CT molecular complexity index is 1270. The van der Waals surface area contributed by atoms with Gasteiger partial charge in [0.15, 0.2) is 0 Å². The monoisotopic (exact) mass is 448 g/mol. The van der Waals surface area contributed by atoms with Gasteiger partial charge in [0.05, 0.1) is 17.7 Å². The van der Waals surface area contributed by atoms with Gasteiger partial charge in [0, 0.05) is 17.0 Å². The number of thiazole rings is 1. The van der Waals surface area contributed by atoms with E-state index in [2.05, 4.69) is 4.98 Å². The third kappa shape index (κ3) is 4.98. The maximum atomic E-state index is 13.1. The van der Waals surface area contributed by atoms with E-state index >= 15 is 0 Å². The van der Waals surface area contributed by atoms with Crippen LogP contribution in [0.5, 0.6) is 17.2 Å². The third-order valence-electron chi connectivity index (χ3n) is 4.55. The summed E-state index contributed by atoms with van der Waals surface area (Å²) in [7, 11) is 1.56. The minimum atomic E-state index is -0.480. The van der Waals surface area contributed by atoms with Crippen molar-refractivity contribution in [3.05, 3.63) is 98.6 Å². The maximum absolute atomic E-state index is 13.1. The fraction of sp³-hybridized carbons (Fsp3) is 0.0417. The first kappa shape index (κ1) is 21.2. The first-order valence-electron chi connectivity index (χ1n) is 9.52. The molecule has 4 aromatic rings. The fourth-order valence-electron chi connectivity index (χ4n) is 2.92. The second-order valence-electron chi connectivity index (χ2n) is 6.67. The Kier molecular flexibility index (Phi) is 6.23. The van der Waals surface area contributed by atoms with E-state index in [0.717, 1.165) is 16.3 Å². The number of rotatable bonds is 7. The van der Waals surface area contributed by atoms with Crippen molar-refractivity contribution in [2.45, 2.75) is 0 Å². The van der Waals surface area contributed by atoms with Gasteiger partial charge in [-0.1, -0.05) is 12.1 Å². The number of methoxy groups -OCH3 is 1. The van der Waals surface area contributed by atoms with Crippen molar-refractivity contribution in [2.75, 3.05) is 7.11 Å². The Hall–Kier alpha value is -4.04. The predicted octanol–water partition coefficient (Wildman–Crippen LogP) is 6.83. The topological polar surface area (TPSA) is 74.5 Å². The summed E-state index contributed by atoms with van der Waals surface area (Å²) in [5.41, 5.74) is 2.05. The number of aromatic nitrogens is 1. The minimum absolute atomic E-state index is 0.144. The largest absolute Gasteiger partial charge is 0.497 e. The molecule has 4 rings (SSSR count). The van der Waals surface area contributed by atoms with Gasteiger partial charge < -0.3 is 9.47 Å². The Morgan fingerprint density at radius 2 is 1.72 bits per heavy atom. The molecule has 0 radical (unpaired) electrons. The Labute approximate surface area is 187 Å². The molecule has 32 heavy (non-hydrogen) atoms. The molecule has 0 aliphatic heterocycles. The van der Waals surface area contributed by atoms with Crippen molar-refractivity contribution in [1.29, 1.82) is 0 Å². The van der Waals surface area contributed by atoms with Crippen LogP contribution in [0.25, 0.3) is 23.4 Å². The number of halogens is 1. The average Bonchev–Trinajstić information content (AvgIpc) is 3.28. The summed E-state index contributed by atoms with van der Waals surface area (Å²) in [5.74, 6) is 0.973. The Morgan fingerprint density at radius 1 is 1.00 bits per heavy atom. The molecule has 0 fully saturated rings. The van der Waals surface area contributed by atoms with Gasteiger partial charge in [0.25, 0.3) is 0 Å². The number of ether oxygens (including phenoxy) is 2. The van der Waals surface area contributed by atoms with Crippen molar-refractivity contribution in [3.63, 3.8) is 0 Å². The van der Waals surface area contributed by atoms with Crippen molar-refractivity contribution < 1.29 is 18.8 Å². The lowest BCUT2D eigenvalue weighted by molar-refractivity contribution is -0.385. The lowest BCUT2D eigenvalue weighted by atomic mass is 10.1. The predicted molar refractivity (Wildman–Crippen MR) is 123 cm³/mol. The molecule has 8 heteroatoms. The summed E-state index contributed by atoms with van der Waals surface area (Å²) in [5, 5.41) is 14.2. The van der Waals surface area contributed by atoms with Crippen LogP contribution in [0.15, 0.2) is 72.1 Å². The first-order chi connectivity index (χ1) is 15.5. The van der Waals surface area contributed by atoms with E-state index in [4.69, 9.17) is 9.47 Å². The molecule has 1 aromatic heterocycles. The highest BCUT2D eigenvalue weighted by Gasteiger charge is 2.16. The number of hydrogen-bond acceptors (Lipinski definition) is 6. The van der Waals surface area contributed by atoms with Crippen LogP contribution in [0, 0.1) is 15.9 Å². The molecule has 0 N–H and O–H groups in total. The van der Waals surface area contributed by atoms with Crippen LogP contribution in [0.1, 0.15) is 10.6 Å². The van der Waals surface area contributed by atoms with E-state index in [0.29, 0.717) is 17.1 Å². The van der Waals surface area contributed by atoms with Crippen LogP contribution >= 0.6 is 11.3 Å². The normalized spacial score (nSPS) is 10.9. The van der Waals surface area contributed by atoms with Gasteiger partial charge in [0.1, 0.15) is 22.3 Å². The highest BCUT2D eigenvalue weighted by atomic mass is 32.1. The van der Waals surface area contributed by atoms with Crippen LogP contribution in [0.3, 0.4) is 0 Å².